The smallest absolute Gasteiger partial charge is 0.119 e. The Hall–Kier alpha value is -1.09. The Bertz CT molecular complexity index is 274. The summed E-state index contributed by atoms with van der Waals surface area (Å²) >= 11 is 4.79. The summed E-state index contributed by atoms with van der Waals surface area (Å²) in [7, 11) is 0. The van der Waals surface area contributed by atoms with Crippen LogP contribution >= 0.6 is 12.2 Å². The highest BCUT2D eigenvalue weighted by atomic mass is 32.1. The molecule has 70 valence electrons. The van der Waals surface area contributed by atoms with Crippen molar-refractivity contribution in [2.75, 3.05) is 0 Å². The zero-order valence-corrected chi connectivity index (χ0v) is 8.38. The topological polar surface area (TPSA) is 35.2 Å². The van der Waals surface area contributed by atoms with Crippen molar-refractivity contribution < 1.29 is 4.74 Å². The minimum absolute atomic E-state index is 0.0416. The summed E-state index contributed by atoms with van der Waals surface area (Å²) in [4.78, 5) is 0.489. The first-order chi connectivity index (χ1) is 6.18. The van der Waals surface area contributed by atoms with Crippen molar-refractivity contribution in [1.82, 2.24) is 0 Å². The van der Waals surface area contributed by atoms with Gasteiger partial charge >= 0.3 is 0 Å². The Labute approximate surface area is 83.7 Å². The molecule has 0 saturated heterocycles. The molecule has 3 heteroatoms. The Morgan fingerprint density at radius 2 is 2.08 bits per heavy atom. The molecule has 0 radical (unpaired) electrons. The van der Waals surface area contributed by atoms with Gasteiger partial charge in [0.05, 0.1) is 4.99 Å². The predicted octanol–water partition coefficient (Wildman–Crippen LogP) is 2.13. The minimum Gasteiger partial charge on any atom is -0.490 e. The number of ether oxygens (including phenoxy) is 1. The fraction of sp³-hybridized carbons (Fsp3) is 0.300. The van der Waals surface area contributed by atoms with Gasteiger partial charge < -0.3 is 10.5 Å². The van der Waals surface area contributed by atoms with E-state index in [1.165, 1.54) is 0 Å². The first-order valence-electron chi connectivity index (χ1n) is 4.18. The van der Waals surface area contributed by atoms with Gasteiger partial charge in [-0.15, -0.1) is 0 Å². The zero-order chi connectivity index (χ0) is 9.68. The Kier molecular flexibility index (Phi) is 3.71. The van der Waals surface area contributed by atoms with Crippen LogP contribution in [0, 0.1) is 0 Å². The highest BCUT2D eigenvalue weighted by molar-refractivity contribution is 7.80. The summed E-state index contributed by atoms with van der Waals surface area (Å²) in [6, 6.07) is 9.64. The van der Waals surface area contributed by atoms with Crippen molar-refractivity contribution in [1.29, 1.82) is 0 Å². The lowest BCUT2D eigenvalue weighted by Crippen LogP contribution is -2.20. The van der Waals surface area contributed by atoms with Gasteiger partial charge in [-0.2, -0.15) is 0 Å². The zero-order valence-electron chi connectivity index (χ0n) is 7.57. The van der Waals surface area contributed by atoms with Crippen LogP contribution in [-0.2, 0) is 0 Å². The van der Waals surface area contributed by atoms with Crippen LogP contribution in [0.5, 0.6) is 5.75 Å². The standard InChI is InChI=1S/C10H13NOS/c1-8(7-10(11)13)12-9-5-3-2-4-6-9/h2-6,8H,7H2,1H3,(H2,11,13). The number of rotatable bonds is 4. The maximum absolute atomic E-state index is 5.56. The van der Waals surface area contributed by atoms with E-state index in [2.05, 4.69) is 0 Å². The van der Waals surface area contributed by atoms with Crippen molar-refractivity contribution in [2.45, 2.75) is 19.4 Å². The van der Waals surface area contributed by atoms with Gasteiger partial charge in [-0.1, -0.05) is 30.4 Å². The molecule has 1 atom stereocenters. The van der Waals surface area contributed by atoms with Crippen LogP contribution in [0.15, 0.2) is 30.3 Å². The second-order valence-electron chi connectivity index (χ2n) is 2.91. The van der Waals surface area contributed by atoms with E-state index in [1.54, 1.807) is 0 Å². The van der Waals surface area contributed by atoms with Gasteiger partial charge in [-0.3, -0.25) is 0 Å². The summed E-state index contributed by atoms with van der Waals surface area (Å²) in [6.07, 6.45) is 0.657. The molecule has 1 aromatic carbocycles. The third kappa shape index (κ3) is 3.90. The van der Waals surface area contributed by atoms with Crippen LogP contribution in [-0.4, -0.2) is 11.1 Å². The van der Waals surface area contributed by atoms with E-state index in [0.29, 0.717) is 11.4 Å². The molecule has 0 spiro atoms. The van der Waals surface area contributed by atoms with E-state index in [1.807, 2.05) is 37.3 Å². The summed E-state index contributed by atoms with van der Waals surface area (Å²) in [6.45, 7) is 1.95. The lowest BCUT2D eigenvalue weighted by Gasteiger charge is -2.13. The summed E-state index contributed by atoms with van der Waals surface area (Å²) in [5.74, 6) is 0.853. The number of hydrogen-bond acceptors (Lipinski definition) is 2. The highest BCUT2D eigenvalue weighted by Gasteiger charge is 2.04. The molecule has 1 rings (SSSR count). The van der Waals surface area contributed by atoms with Gasteiger partial charge in [0.2, 0.25) is 0 Å². The molecule has 0 amide bonds. The lowest BCUT2D eigenvalue weighted by atomic mass is 10.3. The van der Waals surface area contributed by atoms with Crippen LogP contribution in [0.4, 0.5) is 0 Å². The average molecular weight is 195 g/mol. The van der Waals surface area contributed by atoms with Gasteiger partial charge in [0.15, 0.2) is 0 Å². The van der Waals surface area contributed by atoms with Gasteiger partial charge in [-0.05, 0) is 19.1 Å². The van der Waals surface area contributed by atoms with Gasteiger partial charge in [0.1, 0.15) is 11.9 Å². The van der Waals surface area contributed by atoms with Crippen molar-refractivity contribution in [2.24, 2.45) is 5.73 Å². The van der Waals surface area contributed by atoms with Crippen molar-refractivity contribution >= 4 is 17.2 Å². The van der Waals surface area contributed by atoms with Gasteiger partial charge in [0.25, 0.3) is 0 Å². The van der Waals surface area contributed by atoms with Crippen LogP contribution in [0.25, 0.3) is 0 Å². The first kappa shape index (κ1) is 9.99. The van der Waals surface area contributed by atoms with Crippen molar-refractivity contribution in [3.63, 3.8) is 0 Å². The molecule has 0 saturated carbocycles. The molecule has 0 aromatic heterocycles. The fourth-order valence-corrected chi connectivity index (χ4v) is 1.29. The fourth-order valence-electron chi connectivity index (χ4n) is 1.06. The number of nitrogens with two attached hydrogens (primary N) is 1. The van der Waals surface area contributed by atoms with Crippen LogP contribution in [0.1, 0.15) is 13.3 Å². The lowest BCUT2D eigenvalue weighted by molar-refractivity contribution is 0.230. The van der Waals surface area contributed by atoms with Crippen LogP contribution in [0.3, 0.4) is 0 Å². The summed E-state index contributed by atoms with van der Waals surface area (Å²) in [5, 5.41) is 0. The molecule has 13 heavy (non-hydrogen) atoms. The molecular formula is C10H13NOS. The maximum Gasteiger partial charge on any atom is 0.119 e. The maximum atomic E-state index is 5.56. The third-order valence-electron chi connectivity index (χ3n) is 1.57. The second-order valence-corrected chi connectivity index (χ2v) is 3.44. The predicted molar refractivity (Wildman–Crippen MR) is 57.9 cm³/mol. The SMILES string of the molecule is CC(CC(N)=S)Oc1ccccc1. The molecule has 1 unspecified atom stereocenters. The van der Waals surface area contributed by atoms with Crippen molar-refractivity contribution in [3.05, 3.63) is 30.3 Å². The number of benzene rings is 1. The van der Waals surface area contributed by atoms with E-state index in [0.717, 1.165) is 5.75 Å². The van der Waals surface area contributed by atoms with Crippen molar-refractivity contribution in [3.8, 4) is 5.75 Å². The largest absolute Gasteiger partial charge is 0.490 e. The first-order valence-corrected chi connectivity index (χ1v) is 4.59. The molecule has 0 fully saturated rings. The normalized spacial score (nSPS) is 12.1. The van der Waals surface area contributed by atoms with Crippen LogP contribution in [0.2, 0.25) is 0 Å². The third-order valence-corrected chi connectivity index (χ3v) is 1.74. The van der Waals surface area contributed by atoms with E-state index in [-0.39, 0.29) is 6.10 Å². The van der Waals surface area contributed by atoms with Crippen LogP contribution < -0.4 is 10.5 Å². The monoisotopic (exact) mass is 195 g/mol. The van der Waals surface area contributed by atoms with Gasteiger partial charge in [-0.25, -0.2) is 0 Å². The molecule has 2 N–H and O–H groups in total. The summed E-state index contributed by atoms with van der Waals surface area (Å²) < 4.78 is 5.56. The Morgan fingerprint density at radius 1 is 1.46 bits per heavy atom. The molecular weight excluding hydrogens is 182 g/mol. The quantitative estimate of drug-likeness (QED) is 0.747. The summed E-state index contributed by atoms with van der Waals surface area (Å²) in [5.41, 5.74) is 5.40. The van der Waals surface area contributed by atoms with E-state index in [9.17, 15) is 0 Å². The Morgan fingerprint density at radius 3 is 2.62 bits per heavy atom. The molecule has 0 heterocycles. The molecule has 0 bridgehead atoms. The van der Waals surface area contributed by atoms with E-state index < -0.39 is 0 Å². The second kappa shape index (κ2) is 4.82. The highest BCUT2D eigenvalue weighted by Crippen LogP contribution is 2.11. The van der Waals surface area contributed by atoms with E-state index in [4.69, 9.17) is 22.7 Å². The number of hydrogen-bond donors (Lipinski definition) is 1. The molecule has 1 aromatic rings. The molecule has 0 aliphatic heterocycles. The molecule has 0 aliphatic carbocycles. The number of para-hydroxylation sites is 1. The average Bonchev–Trinajstić information content (AvgIpc) is 2.04. The molecule has 2 nitrogen and oxygen atoms in total. The molecule has 0 aliphatic rings. The minimum atomic E-state index is 0.0416. The van der Waals surface area contributed by atoms with E-state index >= 15 is 0 Å². The Balaban J connectivity index is 2.45. The van der Waals surface area contributed by atoms with Gasteiger partial charge in [0, 0.05) is 6.42 Å². The number of thiocarbonyl (C=S) groups is 1.